The summed E-state index contributed by atoms with van der Waals surface area (Å²) in [4.78, 5) is 23.4. The maximum atomic E-state index is 13.6. The fourth-order valence-electron chi connectivity index (χ4n) is 3.56. The summed E-state index contributed by atoms with van der Waals surface area (Å²) in [5, 5.41) is 8.18. The van der Waals surface area contributed by atoms with Gasteiger partial charge in [0.05, 0.1) is 12.2 Å². The lowest BCUT2D eigenvalue weighted by molar-refractivity contribution is -0.137. The van der Waals surface area contributed by atoms with Gasteiger partial charge in [-0.25, -0.2) is 18.4 Å². The molecule has 14 heteroatoms. The molecule has 4 rings (SSSR count). The maximum Gasteiger partial charge on any atom is 0.421 e. The summed E-state index contributed by atoms with van der Waals surface area (Å²) < 4.78 is 66.5. The van der Waals surface area contributed by atoms with Gasteiger partial charge in [-0.2, -0.15) is 18.2 Å². The van der Waals surface area contributed by atoms with Crippen molar-refractivity contribution in [3.63, 3.8) is 0 Å². The van der Waals surface area contributed by atoms with E-state index in [-0.39, 0.29) is 36.4 Å². The highest BCUT2D eigenvalue weighted by atomic mass is 32.2. The van der Waals surface area contributed by atoms with Gasteiger partial charge in [0.2, 0.25) is 21.9 Å². The number of benzene rings is 1. The van der Waals surface area contributed by atoms with Crippen LogP contribution in [-0.4, -0.2) is 42.1 Å². The molecular weight excluding hydrogens is 499 g/mol. The number of carbonyl (C=O) groups is 1. The molecule has 0 radical (unpaired) electrons. The number of hydrogen-bond acceptors (Lipinski definition) is 8. The van der Waals surface area contributed by atoms with Crippen LogP contribution >= 0.6 is 0 Å². The number of rotatable bonds is 8. The summed E-state index contributed by atoms with van der Waals surface area (Å²) in [6, 6.07) is 8.14. The molecule has 0 saturated carbocycles. The normalized spacial score (nSPS) is 13.2. The number of sulfonamides is 1. The summed E-state index contributed by atoms with van der Waals surface area (Å²) in [6.07, 6.45) is -2.43. The number of amides is 1. The predicted octanol–water partition coefficient (Wildman–Crippen LogP) is 3.53. The van der Waals surface area contributed by atoms with Crippen LogP contribution in [0.5, 0.6) is 0 Å². The minimum atomic E-state index is -4.74. The van der Waals surface area contributed by atoms with Crippen molar-refractivity contribution in [2.24, 2.45) is 0 Å². The van der Waals surface area contributed by atoms with E-state index in [1.165, 1.54) is 20.2 Å². The van der Waals surface area contributed by atoms with Gasteiger partial charge in [0.1, 0.15) is 17.2 Å². The SMILES string of the molecule is CCS(=O)(=O)N(C)c1ncccc1CNc1nc(Nc2ccc3c(c2)NC(=O)C3)ncc1C(F)(F)F. The summed E-state index contributed by atoms with van der Waals surface area (Å²) in [5.74, 6) is -0.824. The molecule has 3 heterocycles. The Morgan fingerprint density at radius 3 is 2.69 bits per heavy atom. The smallest absolute Gasteiger partial charge is 0.365 e. The van der Waals surface area contributed by atoms with Crippen LogP contribution in [0.15, 0.2) is 42.7 Å². The van der Waals surface area contributed by atoms with Crippen molar-refractivity contribution in [3.8, 4) is 0 Å². The van der Waals surface area contributed by atoms with Crippen molar-refractivity contribution >= 4 is 44.9 Å². The first kappa shape index (κ1) is 25.2. The van der Waals surface area contributed by atoms with Gasteiger partial charge >= 0.3 is 6.18 Å². The average molecular weight is 522 g/mol. The first-order valence-electron chi connectivity index (χ1n) is 10.8. The van der Waals surface area contributed by atoms with E-state index in [1.54, 1.807) is 30.3 Å². The van der Waals surface area contributed by atoms with Crippen molar-refractivity contribution in [1.82, 2.24) is 15.0 Å². The zero-order valence-corrected chi connectivity index (χ0v) is 20.0. The third kappa shape index (κ3) is 5.32. The number of anilines is 5. The number of carbonyl (C=O) groups excluding carboxylic acids is 1. The average Bonchev–Trinajstić information content (AvgIpc) is 3.21. The minimum Gasteiger partial charge on any atom is -0.365 e. The van der Waals surface area contributed by atoms with Crippen LogP contribution in [0.4, 0.5) is 42.1 Å². The van der Waals surface area contributed by atoms with E-state index in [9.17, 15) is 26.4 Å². The fraction of sp³-hybridized carbons (Fsp3) is 0.273. The monoisotopic (exact) mass is 521 g/mol. The van der Waals surface area contributed by atoms with E-state index in [2.05, 4.69) is 30.9 Å². The standard InChI is InChI=1S/C22H22F3N7O3S/c1-3-36(34,35)32(2)20-14(5-4-8-26-20)11-27-19-16(22(23,24)25)12-28-21(31-19)29-15-7-6-13-9-18(33)30-17(13)10-15/h4-8,10,12H,3,9,11H2,1-2H3,(H,30,33)(H2,27,28,29,31). The number of alkyl halides is 3. The lowest BCUT2D eigenvalue weighted by Gasteiger charge is -2.21. The summed E-state index contributed by atoms with van der Waals surface area (Å²) in [7, 11) is -2.31. The highest BCUT2D eigenvalue weighted by Gasteiger charge is 2.35. The van der Waals surface area contributed by atoms with E-state index in [0.29, 0.717) is 23.1 Å². The van der Waals surface area contributed by atoms with E-state index in [4.69, 9.17) is 0 Å². The number of aromatic nitrogens is 3. The summed E-state index contributed by atoms with van der Waals surface area (Å²) >= 11 is 0. The molecule has 1 amide bonds. The van der Waals surface area contributed by atoms with Crippen LogP contribution in [0.3, 0.4) is 0 Å². The molecule has 0 saturated heterocycles. The van der Waals surface area contributed by atoms with Crippen LogP contribution in [-0.2, 0) is 34.0 Å². The van der Waals surface area contributed by atoms with Crippen LogP contribution in [0, 0.1) is 0 Å². The second kappa shape index (κ2) is 9.60. The van der Waals surface area contributed by atoms with E-state index < -0.39 is 27.6 Å². The molecule has 0 atom stereocenters. The van der Waals surface area contributed by atoms with Crippen molar-refractivity contribution in [2.75, 3.05) is 33.1 Å². The van der Waals surface area contributed by atoms with Gasteiger partial charge in [-0.1, -0.05) is 12.1 Å². The third-order valence-electron chi connectivity index (χ3n) is 5.48. The second-order valence-electron chi connectivity index (χ2n) is 7.88. The highest BCUT2D eigenvalue weighted by Crippen LogP contribution is 2.35. The van der Waals surface area contributed by atoms with Gasteiger partial charge in [-0.05, 0) is 30.7 Å². The quantitative estimate of drug-likeness (QED) is 0.411. The predicted molar refractivity (Wildman–Crippen MR) is 129 cm³/mol. The zero-order chi connectivity index (χ0) is 26.1. The van der Waals surface area contributed by atoms with Crippen LogP contribution in [0.25, 0.3) is 0 Å². The molecule has 36 heavy (non-hydrogen) atoms. The molecule has 2 aromatic heterocycles. The fourth-order valence-corrected chi connectivity index (χ4v) is 4.38. The van der Waals surface area contributed by atoms with Gasteiger partial charge in [-0.15, -0.1) is 0 Å². The van der Waals surface area contributed by atoms with Crippen LogP contribution < -0.4 is 20.3 Å². The minimum absolute atomic E-state index is 0.0907. The molecular formula is C22H22F3N7O3S. The van der Waals surface area contributed by atoms with E-state index in [1.807, 2.05) is 0 Å². The van der Waals surface area contributed by atoms with E-state index >= 15 is 0 Å². The van der Waals surface area contributed by atoms with E-state index in [0.717, 1.165) is 9.87 Å². The summed E-state index contributed by atoms with van der Waals surface area (Å²) in [6.45, 7) is 1.30. The molecule has 0 fully saturated rings. The molecule has 190 valence electrons. The number of nitrogens with one attached hydrogen (secondary N) is 3. The Bertz CT molecular complexity index is 1410. The number of halogens is 3. The Labute approximate surface area is 205 Å². The first-order chi connectivity index (χ1) is 17.0. The lowest BCUT2D eigenvalue weighted by atomic mass is 10.1. The van der Waals surface area contributed by atoms with Gasteiger partial charge < -0.3 is 16.0 Å². The Hall–Kier alpha value is -3.94. The van der Waals surface area contributed by atoms with Crippen LogP contribution in [0.1, 0.15) is 23.6 Å². The van der Waals surface area contributed by atoms with Crippen molar-refractivity contribution < 1.29 is 26.4 Å². The Morgan fingerprint density at radius 1 is 1.19 bits per heavy atom. The summed E-state index contributed by atoms with van der Waals surface area (Å²) in [5.41, 5.74) is 1.15. The van der Waals surface area contributed by atoms with Gasteiger partial charge in [0.25, 0.3) is 0 Å². The molecule has 0 unspecified atom stereocenters. The molecule has 1 aliphatic heterocycles. The zero-order valence-electron chi connectivity index (χ0n) is 19.2. The van der Waals surface area contributed by atoms with Gasteiger partial charge in [-0.3, -0.25) is 9.10 Å². The first-order valence-corrected chi connectivity index (χ1v) is 12.4. The lowest BCUT2D eigenvalue weighted by Crippen LogP contribution is -2.30. The van der Waals surface area contributed by atoms with Gasteiger partial charge in [0, 0.05) is 42.9 Å². The number of pyridine rings is 1. The molecule has 1 aliphatic rings. The Morgan fingerprint density at radius 2 is 1.97 bits per heavy atom. The number of nitrogens with zero attached hydrogens (tertiary/aromatic N) is 4. The largest absolute Gasteiger partial charge is 0.421 e. The molecule has 3 aromatic rings. The molecule has 0 bridgehead atoms. The third-order valence-corrected chi connectivity index (χ3v) is 7.22. The Kier molecular flexibility index (Phi) is 6.71. The number of fused-ring (bicyclic) bond motifs is 1. The maximum absolute atomic E-state index is 13.6. The number of hydrogen-bond donors (Lipinski definition) is 3. The highest BCUT2D eigenvalue weighted by molar-refractivity contribution is 7.92. The van der Waals surface area contributed by atoms with Crippen molar-refractivity contribution in [1.29, 1.82) is 0 Å². The van der Waals surface area contributed by atoms with Crippen molar-refractivity contribution in [2.45, 2.75) is 26.1 Å². The molecule has 0 aliphatic carbocycles. The molecule has 3 N–H and O–H groups in total. The second-order valence-corrected chi connectivity index (χ2v) is 10.2. The van der Waals surface area contributed by atoms with Gasteiger partial charge in [0.15, 0.2) is 0 Å². The molecule has 1 aromatic carbocycles. The topological polar surface area (TPSA) is 129 Å². The van der Waals surface area contributed by atoms with Crippen LogP contribution in [0.2, 0.25) is 0 Å². The Balaban J connectivity index is 1.61. The molecule has 10 nitrogen and oxygen atoms in total. The molecule has 0 spiro atoms. The van der Waals surface area contributed by atoms with Crippen molar-refractivity contribution in [3.05, 3.63) is 59.4 Å².